The van der Waals surface area contributed by atoms with E-state index in [1.165, 1.54) is 0 Å². The Morgan fingerprint density at radius 1 is 1.19 bits per heavy atom. The van der Waals surface area contributed by atoms with Crippen molar-refractivity contribution in [1.82, 2.24) is 10.6 Å². The Kier molecular flexibility index (Phi) is 6.51. The molecule has 1 aromatic carbocycles. The highest BCUT2D eigenvalue weighted by molar-refractivity contribution is 5.74. The normalized spacial score (nSPS) is 20.3. The summed E-state index contributed by atoms with van der Waals surface area (Å²) in [5.74, 6) is -0.237. The molecule has 0 atom stereocenters. The smallest absolute Gasteiger partial charge is 0.315 e. The van der Waals surface area contributed by atoms with E-state index in [0.29, 0.717) is 32.2 Å². The lowest BCUT2D eigenvalue weighted by atomic mass is 9.86. The lowest BCUT2D eigenvalue weighted by Gasteiger charge is -2.27. The average molecular weight is 362 g/mol. The zero-order chi connectivity index (χ0) is 19.3. The topological polar surface area (TPSA) is 87.7 Å². The lowest BCUT2D eigenvalue weighted by Crippen LogP contribution is -2.44. The first kappa shape index (κ1) is 20.1. The number of nitrogens with one attached hydrogen (secondary N) is 2. The molecule has 1 aliphatic rings. The second-order valence-corrected chi connectivity index (χ2v) is 8.04. The fourth-order valence-electron chi connectivity index (χ4n) is 3.13. The van der Waals surface area contributed by atoms with E-state index in [0.717, 1.165) is 16.9 Å². The van der Waals surface area contributed by atoms with E-state index in [4.69, 9.17) is 9.84 Å². The first-order valence-electron chi connectivity index (χ1n) is 9.20. The molecule has 2 amide bonds. The van der Waals surface area contributed by atoms with Crippen LogP contribution in [0.1, 0.15) is 57.6 Å². The van der Waals surface area contributed by atoms with Crippen LogP contribution < -0.4 is 15.4 Å². The van der Waals surface area contributed by atoms with Crippen molar-refractivity contribution in [2.24, 2.45) is 5.92 Å². The van der Waals surface area contributed by atoms with E-state index in [9.17, 15) is 9.59 Å². The number of hydrogen-bond donors (Lipinski definition) is 3. The Hall–Kier alpha value is -2.24. The number of ether oxygens (including phenoxy) is 1. The average Bonchev–Trinajstić information content (AvgIpc) is 2.53. The number of amides is 2. The van der Waals surface area contributed by atoms with Gasteiger partial charge < -0.3 is 20.5 Å². The summed E-state index contributed by atoms with van der Waals surface area (Å²) >= 11 is 0. The van der Waals surface area contributed by atoms with Gasteiger partial charge in [0.1, 0.15) is 11.4 Å². The van der Waals surface area contributed by atoms with Gasteiger partial charge in [-0.25, -0.2) is 4.79 Å². The summed E-state index contributed by atoms with van der Waals surface area (Å²) in [7, 11) is 0. The SMILES string of the molecule is Cc1ccc(CNC(=O)NC2CCC(C(=O)O)CC2)c(OC(C)(C)C)c1. The molecule has 0 aliphatic heterocycles. The van der Waals surface area contributed by atoms with Crippen LogP contribution in [0, 0.1) is 12.8 Å². The first-order chi connectivity index (χ1) is 12.1. The maximum atomic E-state index is 12.2. The molecule has 0 spiro atoms. The molecule has 0 saturated heterocycles. The number of carbonyl (C=O) groups is 2. The second kappa shape index (κ2) is 8.43. The predicted molar refractivity (Wildman–Crippen MR) is 100 cm³/mol. The van der Waals surface area contributed by atoms with Gasteiger partial charge in [0.05, 0.1) is 5.92 Å². The fraction of sp³-hybridized carbons (Fsp3) is 0.600. The molecule has 0 bridgehead atoms. The van der Waals surface area contributed by atoms with Crippen molar-refractivity contribution in [2.75, 3.05) is 0 Å². The molecule has 1 aliphatic carbocycles. The van der Waals surface area contributed by atoms with Gasteiger partial charge in [0.25, 0.3) is 0 Å². The Morgan fingerprint density at radius 3 is 2.42 bits per heavy atom. The molecule has 0 unspecified atom stereocenters. The summed E-state index contributed by atoms with van der Waals surface area (Å²) < 4.78 is 6.00. The second-order valence-electron chi connectivity index (χ2n) is 8.04. The number of benzene rings is 1. The summed E-state index contributed by atoms with van der Waals surface area (Å²) in [6, 6.07) is 5.75. The maximum absolute atomic E-state index is 12.2. The molecule has 26 heavy (non-hydrogen) atoms. The lowest BCUT2D eigenvalue weighted by molar-refractivity contribution is -0.142. The zero-order valence-corrected chi connectivity index (χ0v) is 16.1. The van der Waals surface area contributed by atoms with Crippen LogP contribution in [0.25, 0.3) is 0 Å². The predicted octanol–water partition coefficient (Wildman–Crippen LogP) is 3.61. The summed E-state index contributed by atoms with van der Waals surface area (Å²) in [6.45, 7) is 8.36. The van der Waals surface area contributed by atoms with E-state index in [1.807, 2.05) is 45.9 Å². The molecule has 0 aromatic heterocycles. The van der Waals surface area contributed by atoms with Gasteiger partial charge in [-0.2, -0.15) is 0 Å². The quantitative estimate of drug-likeness (QED) is 0.746. The number of aryl methyl sites for hydroxylation is 1. The summed E-state index contributed by atoms with van der Waals surface area (Å²) in [4.78, 5) is 23.2. The Balaban J connectivity index is 1.87. The number of carbonyl (C=O) groups excluding carboxylic acids is 1. The molecule has 3 N–H and O–H groups in total. The van der Waals surface area contributed by atoms with E-state index in [2.05, 4.69) is 10.6 Å². The van der Waals surface area contributed by atoms with Crippen molar-refractivity contribution in [1.29, 1.82) is 0 Å². The third-order valence-corrected chi connectivity index (χ3v) is 4.49. The number of urea groups is 1. The molecule has 0 heterocycles. The third-order valence-electron chi connectivity index (χ3n) is 4.49. The first-order valence-corrected chi connectivity index (χ1v) is 9.20. The van der Waals surface area contributed by atoms with Crippen LogP contribution in [0.15, 0.2) is 18.2 Å². The van der Waals surface area contributed by atoms with Gasteiger partial charge in [-0.3, -0.25) is 4.79 Å². The van der Waals surface area contributed by atoms with Gasteiger partial charge >= 0.3 is 12.0 Å². The van der Waals surface area contributed by atoms with Crippen LogP contribution in [0.2, 0.25) is 0 Å². The molecule has 6 heteroatoms. The molecule has 1 aromatic rings. The molecule has 0 radical (unpaired) electrons. The molecular weight excluding hydrogens is 332 g/mol. The van der Waals surface area contributed by atoms with Gasteiger partial charge in [-0.15, -0.1) is 0 Å². The van der Waals surface area contributed by atoms with E-state index < -0.39 is 5.97 Å². The molecule has 144 valence electrons. The minimum atomic E-state index is -0.737. The van der Waals surface area contributed by atoms with Crippen LogP contribution in [-0.2, 0) is 11.3 Å². The summed E-state index contributed by atoms with van der Waals surface area (Å²) in [5, 5.41) is 14.9. The molecule has 2 rings (SSSR count). The number of carboxylic acid groups (broad SMARTS) is 1. The van der Waals surface area contributed by atoms with E-state index in [1.54, 1.807) is 0 Å². The van der Waals surface area contributed by atoms with Crippen LogP contribution in [0.5, 0.6) is 5.75 Å². The molecular formula is C20H30N2O4. The highest BCUT2D eigenvalue weighted by Gasteiger charge is 2.26. The number of carboxylic acids is 1. The highest BCUT2D eigenvalue weighted by Crippen LogP contribution is 2.25. The van der Waals surface area contributed by atoms with Crippen molar-refractivity contribution in [2.45, 2.75) is 71.6 Å². The van der Waals surface area contributed by atoms with Crippen molar-refractivity contribution >= 4 is 12.0 Å². The Labute approximate surface area is 155 Å². The molecule has 1 fully saturated rings. The Bertz CT molecular complexity index is 644. The summed E-state index contributed by atoms with van der Waals surface area (Å²) in [5.41, 5.74) is 1.72. The van der Waals surface area contributed by atoms with Gasteiger partial charge in [0.2, 0.25) is 0 Å². The van der Waals surface area contributed by atoms with Crippen LogP contribution in [0.3, 0.4) is 0 Å². The standard InChI is InChI=1S/C20H30N2O4/c1-13-5-6-15(17(11-13)26-20(2,3)4)12-21-19(25)22-16-9-7-14(8-10-16)18(23)24/h5-6,11,14,16H,7-10,12H2,1-4H3,(H,23,24)(H2,21,22,25). The minimum Gasteiger partial charge on any atom is -0.488 e. The fourth-order valence-corrected chi connectivity index (χ4v) is 3.13. The van der Waals surface area contributed by atoms with Gasteiger partial charge in [0.15, 0.2) is 0 Å². The summed E-state index contributed by atoms with van der Waals surface area (Å²) in [6.07, 6.45) is 2.63. The number of aliphatic carboxylic acids is 1. The largest absolute Gasteiger partial charge is 0.488 e. The number of hydrogen-bond acceptors (Lipinski definition) is 3. The zero-order valence-electron chi connectivity index (χ0n) is 16.1. The van der Waals surface area contributed by atoms with Gasteiger partial charge in [-0.1, -0.05) is 12.1 Å². The molecule has 1 saturated carbocycles. The monoisotopic (exact) mass is 362 g/mol. The van der Waals surface area contributed by atoms with Gasteiger partial charge in [-0.05, 0) is 65.0 Å². The van der Waals surface area contributed by atoms with E-state index >= 15 is 0 Å². The third kappa shape index (κ3) is 6.24. The maximum Gasteiger partial charge on any atom is 0.315 e. The van der Waals surface area contributed by atoms with E-state index in [-0.39, 0.29) is 23.6 Å². The van der Waals surface area contributed by atoms with Gasteiger partial charge in [0, 0.05) is 18.2 Å². The molecule has 6 nitrogen and oxygen atoms in total. The van der Waals surface area contributed by atoms with Crippen LogP contribution in [-0.4, -0.2) is 28.7 Å². The van der Waals surface area contributed by atoms with Crippen molar-refractivity contribution in [3.05, 3.63) is 29.3 Å². The minimum absolute atomic E-state index is 0.0360. The van der Waals surface area contributed by atoms with Crippen molar-refractivity contribution in [3.8, 4) is 5.75 Å². The van der Waals surface area contributed by atoms with Crippen molar-refractivity contribution < 1.29 is 19.4 Å². The van der Waals surface area contributed by atoms with Crippen LogP contribution in [0.4, 0.5) is 4.79 Å². The van der Waals surface area contributed by atoms with Crippen molar-refractivity contribution in [3.63, 3.8) is 0 Å². The Morgan fingerprint density at radius 2 is 1.85 bits per heavy atom. The van der Waals surface area contributed by atoms with Crippen LogP contribution >= 0.6 is 0 Å². The highest BCUT2D eigenvalue weighted by atomic mass is 16.5. The number of rotatable bonds is 5.